The highest BCUT2D eigenvalue weighted by Crippen LogP contribution is 2.36. The number of alkyl halides is 6. The normalized spacial score (nSPS) is 14.8. The van der Waals surface area contributed by atoms with Crippen molar-refractivity contribution in [3.8, 4) is 0 Å². The van der Waals surface area contributed by atoms with Crippen LogP contribution in [0.1, 0.15) is 17.2 Å². The molecule has 0 heterocycles. The molecule has 8 heteroatoms. The van der Waals surface area contributed by atoms with E-state index >= 15 is 0 Å². The van der Waals surface area contributed by atoms with Crippen molar-refractivity contribution in [3.05, 3.63) is 35.1 Å². The Labute approximate surface area is 90.5 Å². The van der Waals surface area contributed by atoms with Crippen molar-refractivity contribution in [1.82, 2.24) is 0 Å². The Morgan fingerprint density at radius 2 is 1.53 bits per heavy atom. The molecule has 1 aromatic rings. The average molecular weight is 262 g/mol. The minimum absolute atomic E-state index is 0.0930. The van der Waals surface area contributed by atoms with Crippen LogP contribution in [0.15, 0.2) is 18.2 Å². The summed E-state index contributed by atoms with van der Waals surface area (Å²) in [6.07, 6.45) is -13.1. The van der Waals surface area contributed by atoms with Gasteiger partial charge in [0.1, 0.15) is 5.82 Å². The van der Waals surface area contributed by atoms with Crippen molar-refractivity contribution in [2.45, 2.75) is 18.5 Å². The lowest BCUT2D eigenvalue weighted by atomic mass is 10.1. The molecule has 0 spiro atoms. The summed E-state index contributed by atoms with van der Waals surface area (Å²) in [5.41, 5.74) is -2.67. The molecule has 1 aromatic carbocycles. The van der Waals surface area contributed by atoms with E-state index in [0.29, 0.717) is 0 Å². The monoisotopic (exact) mass is 262 g/mol. The zero-order valence-electron chi connectivity index (χ0n) is 7.90. The molecule has 0 amide bonds. The number of aliphatic hydroxyl groups excluding tert-OH is 1. The molecule has 96 valence electrons. The first kappa shape index (κ1) is 13.8. The number of hydrogen-bond donors (Lipinski definition) is 1. The lowest BCUT2D eigenvalue weighted by Crippen LogP contribution is -2.21. The predicted octanol–water partition coefficient (Wildman–Crippen LogP) is 3.44. The van der Waals surface area contributed by atoms with Crippen LogP contribution in [0.3, 0.4) is 0 Å². The van der Waals surface area contributed by atoms with Crippen LogP contribution in [0.5, 0.6) is 0 Å². The zero-order valence-corrected chi connectivity index (χ0v) is 7.90. The van der Waals surface area contributed by atoms with Gasteiger partial charge < -0.3 is 5.11 Å². The largest absolute Gasteiger partial charge is 0.418 e. The van der Waals surface area contributed by atoms with Gasteiger partial charge >= 0.3 is 12.4 Å². The summed E-state index contributed by atoms with van der Waals surface area (Å²) in [5, 5.41) is 8.69. The Morgan fingerprint density at radius 3 is 1.88 bits per heavy atom. The van der Waals surface area contributed by atoms with E-state index in [1.807, 2.05) is 0 Å². The van der Waals surface area contributed by atoms with Crippen molar-refractivity contribution in [2.75, 3.05) is 0 Å². The third kappa shape index (κ3) is 3.09. The van der Waals surface area contributed by atoms with E-state index in [9.17, 15) is 30.7 Å². The second-order valence-corrected chi connectivity index (χ2v) is 3.18. The first-order valence-electron chi connectivity index (χ1n) is 4.15. The first-order chi connectivity index (χ1) is 7.53. The number of hydrogen-bond acceptors (Lipinski definition) is 1. The molecule has 1 nitrogen and oxygen atoms in total. The minimum atomic E-state index is -5.14. The van der Waals surface area contributed by atoms with Gasteiger partial charge in [0.25, 0.3) is 0 Å². The molecule has 0 saturated carbocycles. The number of aliphatic hydroxyl groups is 1. The van der Waals surface area contributed by atoms with E-state index in [1.165, 1.54) is 0 Å². The standard InChI is InChI=1S/C9H5F7O/c10-6-3-4(8(11,12)13)1-2-5(6)7(17)9(14,15)16/h1-3,7,17H/t7-/m1/s1. The van der Waals surface area contributed by atoms with Gasteiger partial charge in [-0.05, 0) is 12.1 Å². The maximum Gasteiger partial charge on any atom is 0.418 e. The Kier molecular flexibility index (Phi) is 3.37. The van der Waals surface area contributed by atoms with Gasteiger partial charge in [-0.25, -0.2) is 4.39 Å². The highest BCUT2D eigenvalue weighted by molar-refractivity contribution is 5.28. The second kappa shape index (κ2) is 4.17. The Hall–Kier alpha value is -1.31. The van der Waals surface area contributed by atoms with Crippen LogP contribution in [0.25, 0.3) is 0 Å². The molecular formula is C9H5F7O. The third-order valence-corrected chi connectivity index (χ3v) is 1.93. The van der Waals surface area contributed by atoms with E-state index in [-0.39, 0.29) is 18.2 Å². The molecule has 17 heavy (non-hydrogen) atoms. The molecule has 0 bridgehead atoms. The summed E-state index contributed by atoms with van der Waals surface area (Å²) in [4.78, 5) is 0. The van der Waals surface area contributed by atoms with Crippen LogP contribution >= 0.6 is 0 Å². The number of benzene rings is 1. The maximum atomic E-state index is 13.0. The van der Waals surface area contributed by atoms with Crippen LogP contribution in [-0.4, -0.2) is 11.3 Å². The first-order valence-corrected chi connectivity index (χ1v) is 4.15. The van der Waals surface area contributed by atoms with Crippen molar-refractivity contribution < 1.29 is 35.8 Å². The Balaban J connectivity index is 3.15. The Morgan fingerprint density at radius 1 is 1.00 bits per heavy atom. The molecular weight excluding hydrogens is 257 g/mol. The second-order valence-electron chi connectivity index (χ2n) is 3.18. The van der Waals surface area contributed by atoms with Crippen LogP contribution in [0.2, 0.25) is 0 Å². The van der Waals surface area contributed by atoms with Crippen molar-refractivity contribution in [1.29, 1.82) is 0 Å². The lowest BCUT2D eigenvalue weighted by molar-refractivity contribution is -0.207. The van der Waals surface area contributed by atoms with E-state index in [1.54, 1.807) is 0 Å². The smallest absolute Gasteiger partial charge is 0.379 e. The van der Waals surface area contributed by atoms with E-state index in [4.69, 9.17) is 5.11 Å². The van der Waals surface area contributed by atoms with Crippen molar-refractivity contribution >= 4 is 0 Å². The molecule has 0 aliphatic heterocycles. The summed E-state index contributed by atoms with van der Waals surface area (Å²) in [7, 11) is 0. The van der Waals surface area contributed by atoms with Crippen molar-refractivity contribution in [3.63, 3.8) is 0 Å². The van der Waals surface area contributed by atoms with Gasteiger partial charge in [0, 0.05) is 5.56 Å². The average Bonchev–Trinajstić information content (AvgIpc) is 2.13. The highest BCUT2D eigenvalue weighted by Gasteiger charge is 2.41. The van der Waals surface area contributed by atoms with Gasteiger partial charge in [0.2, 0.25) is 0 Å². The molecule has 0 aliphatic carbocycles. The number of halogens is 7. The quantitative estimate of drug-likeness (QED) is 0.768. The molecule has 0 aliphatic rings. The molecule has 0 unspecified atom stereocenters. The van der Waals surface area contributed by atoms with E-state index < -0.39 is 35.4 Å². The summed E-state index contributed by atoms with van der Waals surface area (Å²) < 4.78 is 85.3. The summed E-state index contributed by atoms with van der Waals surface area (Å²) in [6.45, 7) is 0. The predicted molar refractivity (Wildman–Crippen MR) is 42.4 cm³/mol. The molecule has 0 saturated heterocycles. The zero-order chi connectivity index (χ0) is 13.4. The van der Waals surface area contributed by atoms with Crippen molar-refractivity contribution in [2.24, 2.45) is 0 Å². The lowest BCUT2D eigenvalue weighted by Gasteiger charge is -2.16. The van der Waals surface area contributed by atoms with E-state index in [2.05, 4.69) is 0 Å². The van der Waals surface area contributed by atoms with Crippen LogP contribution in [-0.2, 0) is 6.18 Å². The van der Waals surface area contributed by atoms with Gasteiger partial charge in [-0.1, -0.05) is 6.07 Å². The number of rotatable bonds is 1. The topological polar surface area (TPSA) is 20.2 Å². The fourth-order valence-electron chi connectivity index (χ4n) is 1.10. The maximum absolute atomic E-state index is 13.0. The fourth-order valence-corrected chi connectivity index (χ4v) is 1.10. The van der Waals surface area contributed by atoms with Gasteiger partial charge in [-0.3, -0.25) is 0 Å². The summed E-state index contributed by atoms with van der Waals surface area (Å²) in [6, 6.07) is 0.438. The molecule has 1 N–H and O–H groups in total. The fraction of sp³-hybridized carbons (Fsp3) is 0.333. The van der Waals surface area contributed by atoms with Gasteiger partial charge in [0.05, 0.1) is 5.56 Å². The summed E-state index contributed by atoms with van der Waals surface area (Å²) in [5.74, 6) is -1.76. The minimum Gasteiger partial charge on any atom is -0.379 e. The van der Waals surface area contributed by atoms with E-state index in [0.717, 1.165) is 0 Å². The molecule has 0 fully saturated rings. The Bertz CT molecular complexity index is 407. The highest BCUT2D eigenvalue weighted by atomic mass is 19.4. The van der Waals surface area contributed by atoms with Crippen LogP contribution in [0, 0.1) is 5.82 Å². The van der Waals surface area contributed by atoms with Gasteiger partial charge in [-0.2, -0.15) is 26.3 Å². The molecule has 0 radical (unpaired) electrons. The van der Waals surface area contributed by atoms with Gasteiger partial charge in [0.15, 0.2) is 6.10 Å². The van der Waals surface area contributed by atoms with Crippen LogP contribution < -0.4 is 0 Å². The SMILES string of the molecule is O[C@H](c1ccc(C(F)(F)F)cc1F)C(F)(F)F. The van der Waals surface area contributed by atoms with Gasteiger partial charge in [-0.15, -0.1) is 0 Å². The summed E-state index contributed by atoms with van der Waals surface area (Å²) >= 11 is 0. The molecule has 1 atom stereocenters. The molecule has 0 aromatic heterocycles. The molecule has 1 rings (SSSR count). The van der Waals surface area contributed by atoms with Crippen LogP contribution in [0.4, 0.5) is 30.7 Å². The third-order valence-electron chi connectivity index (χ3n) is 1.93.